The van der Waals surface area contributed by atoms with Crippen molar-refractivity contribution in [1.82, 2.24) is 4.98 Å². The highest BCUT2D eigenvalue weighted by Gasteiger charge is 2.11. The fourth-order valence-electron chi connectivity index (χ4n) is 1.69. The first kappa shape index (κ1) is 15.0. The number of rotatable bonds is 5. The van der Waals surface area contributed by atoms with Crippen molar-refractivity contribution in [1.29, 1.82) is 0 Å². The van der Waals surface area contributed by atoms with Crippen LogP contribution < -0.4 is 16.4 Å². The smallest absolute Gasteiger partial charge is 0.267 e. The summed E-state index contributed by atoms with van der Waals surface area (Å²) in [5, 5.41) is 14.3. The molecule has 0 bridgehead atoms. The highest BCUT2D eigenvalue weighted by Crippen LogP contribution is 2.26. The lowest BCUT2D eigenvalue weighted by molar-refractivity contribution is -0.105. The summed E-state index contributed by atoms with van der Waals surface area (Å²) >= 11 is 0. The first-order valence-corrected chi connectivity index (χ1v) is 6.11. The lowest BCUT2D eigenvalue weighted by Crippen LogP contribution is -2.16. The van der Waals surface area contributed by atoms with Crippen LogP contribution in [0.1, 0.15) is 20.8 Å². The van der Waals surface area contributed by atoms with E-state index in [4.69, 9.17) is 5.73 Å². The highest BCUT2D eigenvalue weighted by atomic mass is 16.3. The Labute approximate surface area is 125 Å². The van der Waals surface area contributed by atoms with Crippen LogP contribution >= 0.6 is 0 Å². The first-order chi connectivity index (χ1) is 10.5. The average molecular weight is 300 g/mol. The van der Waals surface area contributed by atoms with Gasteiger partial charge in [0.05, 0.1) is 16.9 Å². The van der Waals surface area contributed by atoms with Crippen molar-refractivity contribution < 1.29 is 19.5 Å². The largest absolute Gasteiger partial charge is 0.508 e. The second kappa shape index (κ2) is 6.35. The lowest BCUT2D eigenvalue weighted by atomic mass is 10.2. The Morgan fingerprint density at radius 2 is 1.95 bits per heavy atom. The number of phenols is 1. The van der Waals surface area contributed by atoms with E-state index in [-0.39, 0.29) is 22.7 Å². The zero-order valence-electron chi connectivity index (χ0n) is 11.2. The number of amides is 3. The zero-order chi connectivity index (χ0) is 16.1. The Bertz CT molecular complexity index is 728. The van der Waals surface area contributed by atoms with E-state index in [1.807, 2.05) is 0 Å². The standard InChI is InChI=1S/C14H12N4O4/c15-13(21)11-3-1-8(6-16-11)14(22)18-10-4-2-9(20)5-12(10)17-7-19/h1-7,20H,(H2,15,21)(H,17,19)(H,18,22). The van der Waals surface area contributed by atoms with E-state index >= 15 is 0 Å². The first-order valence-electron chi connectivity index (χ1n) is 6.11. The minimum absolute atomic E-state index is 0.0458. The van der Waals surface area contributed by atoms with E-state index in [1.54, 1.807) is 0 Å². The molecular formula is C14H12N4O4. The Morgan fingerprint density at radius 3 is 2.55 bits per heavy atom. The number of primary amides is 1. The summed E-state index contributed by atoms with van der Waals surface area (Å²) in [6, 6.07) is 6.82. The van der Waals surface area contributed by atoms with E-state index in [1.165, 1.54) is 36.5 Å². The maximum absolute atomic E-state index is 12.1. The molecule has 0 fully saturated rings. The Morgan fingerprint density at radius 1 is 1.18 bits per heavy atom. The minimum Gasteiger partial charge on any atom is -0.508 e. The molecule has 0 atom stereocenters. The number of nitrogens with zero attached hydrogens (tertiary/aromatic N) is 1. The molecule has 2 rings (SSSR count). The van der Waals surface area contributed by atoms with Gasteiger partial charge in [0.15, 0.2) is 0 Å². The molecule has 1 heterocycles. The SMILES string of the molecule is NC(=O)c1ccc(C(=O)Nc2ccc(O)cc2NC=O)cn1. The van der Waals surface area contributed by atoms with Crippen molar-refractivity contribution in [3.63, 3.8) is 0 Å². The third-order valence-electron chi connectivity index (χ3n) is 2.74. The van der Waals surface area contributed by atoms with Crippen LogP contribution in [0.4, 0.5) is 11.4 Å². The minimum atomic E-state index is -0.692. The number of hydrogen-bond acceptors (Lipinski definition) is 5. The number of pyridine rings is 1. The maximum Gasteiger partial charge on any atom is 0.267 e. The molecule has 0 saturated carbocycles. The summed E-state index contributed by atoms with van der Waals surface area (Å²) in [6.07, 6.45) is 1.64. The zero-order valence-corrected chi connectivity index (χ0v) is 11.2. The van der Waals surface area contributed by atoms with Crippen LogP contribution in [-0.2, 0) is 4.79 Å². The molecule has 0 spiro atoms. The third-order valence-corrected chi connectivity index (χ3v) is 2.74. The summed E-state index contributed by atoms with van der Waals surface area (Å²) < 4.78 is 0. The summed E-state index contributed by atoms with van der Waals surface area (Å²) in [5.74, 6) is -1.25. The van der Waals surface area contributed by atoms with E-state index in [0.717, 1.165) is 0 Å². The summed E-state index contributed by atoms with van der Waals surface area (Å²) in [4.78, 5) is 37.3. The van der Waals surface area contributed by atoms with Gasteiger partial charge in [-0.05, 0) is 24.3 Å². The molecule has 8 heteroatoms. The number of hydrogen-bond donors (Lipinski definition) is 4. The molecule has 1 aromatic heterocycles. The summed E-state index contributed by atoms with van der Waals surface area (Å²) in [5.41, 5.74) is 5.85. The van der Waals surface area contributed by atoms with Gasteiger partial charge >= 0.3 is 0 Å². The predicted octanol–water partition coefficient (Wildman–Crippen LogP) is 0.707. The van der Waals surface area contributed by atoms with Gasteiger partial charge in [-0.15, -0.1) is 0 Å². The van der Waals surface area contributed by atoms with Crippen LogP contribution in [0.15, 0.2) is 36.5 Å². The number of aromatic nitrogens is 1. The van der Waals surface area contributed by atoms with Crippen molar-refractivity contribution in [3.8, 4) is 5.75 Å². The molecule has 112 valence electrons. The van der Waals surface area contributed by atoms with Gasteiger partial charge in [0.2, 0.25) is 6.41 Å². The van der Waals surface area contributed by atoms with E-state index in [0.29, 0.717) is 12.1 Å². The second-order valence-electron chi connectivity index (χ2n) is 4.24. The van der Waals surface area contributed by atoms with Gasteiger partial charge < -0.3 is 21.5 Å². The van der Waals surface area contributed by atoms with Crippen LogP contribution in [0, 0.1) is 0 Å². The van der Waals surface area contributed by atoms with Crippen molar-refractivity contribution in [2.45, 2.75) is 0 Å². The van der Waals surface area contributed by atoms with E-state index in [2.05, 4.69) is 15.6 Å². The van der Waals surface area contributed by atoms with Gasteiger partial charge in [-0.25, -0.2) is 0 Å². The lowest BCUT2D eigenvalue weighted by Gasteiger charge is -2.10. The number of nitrogens with one attached hydrogen (secondary N) is 2. The number of aromatic hydroxyl groups is 1. The van der Waals surface area contributed by atoms with Crippen molar-refractivity contribution in [3.05, 3.63) is 47.8 Å². The summed E-state index contributed by atoms with van der Waals surface area (Å²) in [6.45, 7) is 0. The second-order valence-corrected chi connectivity index (χ2v) is 4.24. The average Bonchev–Trinajstić information content (AvgIpc) is 2.50. The quantitative estimate of drug-likeness (QED) is 0.476. The fourth-order valence-corrected chi connectivity index (χ4v) is 1.69. The summed E-state index contributed by atoms with van der Waals surface area (Å²) in [7, 11) is 0. The number of carbonyl (C=O) groups is 3. The molecule has 1 aromatic carbocycles. The van der Waals surface area contributed by atoms with Gasteiger partial charge in [0.25, 0.3) is 11.8 Å². The molecule has 2 aromatic rings. The third kappa shape index (κ3) is 3.37. The van der Waals surface area contributed by atoms with Crippen LogP contribution in [-0.4, -0.2) is 28.3 Å². The maximum atomic E-state index is 12.1. The van der Waals surface area contributed by atoms with Gasteiger partial charge in [0, 0.05) is 12.3 Å². The topological polar surface area (TPSA) is 134 Å². The van der Waals surface area contributed by atoms with Gasteiger partial charge in [-0.1, -0.05) is 0 Å². The number of benzene rings is 1. The van der Waals surface area contributed by atoms with Crippen LogP contribution in [0.25, 0.3) is 0 Å². The number of phenolic OH excluding ortho intramolecular Hbond substituents is 1. The number of anilines is 2. The van der Waals surface area contributed by atoms with Crippen molar-refractivity contribution in [2.24, 2.45) is 5.73 Å². The molecular weight excluding hydrogens is 288 g/mol. The molecule has 0 aliphatic heterocycles. The Hall–Kier alpha value is -3.42. The molecule has 5 N–H and O–H groups in total. The van der Waals surface area contributed by atoms with Crippen LogP contribution in [0.3, 0.4) is 0 Å². The Balaban J connectivity index is 2.21. The van der Waals surface area contributed by atoms with Crippen LogP contribution in [0.5, 0.6) is 5.75 Å². The number of carbonyl (C=O) groups excluding carboxylic acids is 3. The van der Waals surface area contributed by atoms with Gasteiger partial charge in [-0.3, -0.25) is 19.4 Å². The number of nitrogens with two attached hydrogens (primary N) is 1. The molecule has 0 saturated heterocycles. The van der Waals surface area contributed by atoms with E-state index < -0.39 is 11.8 Å². The molecule has 0 aliphatic rings. The van der Waals surface area contributed by atoms with Gasteiger partial charge in [0.1, 0.15) is 11.4 Å². The predicted molar refractivity (Wildman–Crippen MR) is 78.5 cm³/mol. The molecule has 0 unspecified atom stereocenters. The molecule has 0 aliphatic carbocycles. The fraction of sp³-hybridized carbons (Fsp3) is 0. The molecule has 0 radical (unpaired) electrons. The molecule has 3 amide bonds. The highest BCUT2D eigenvalue weighted by molar-refractivity contribution is 6.06. The van der Waals surface area contributed by atoms with Crippen molar-refractivity contribution in [2.75, 3.05) is 10.6 Å². The van der Waals surface area contributed by atoms with Crippen molar-refractivity contribution >= 4 is 29.6 Å². The van der Waals surface area contributed by atoms with Crippen LogP contribution in [0.2, 0.25) is 0 Å². The van der Waals surface area contributed by atoms with Gasteiger partial charge in [-0.2, -0.15) is 0 Å². The normalized spacial score (nSPS) is 9.82. The Kier molecular flexibility index (Phi) is 4.33. The molecule has 8 nitrogen and oxygen atoms in total. The van der Waals surface area contributed by atoms with E-state index in [9.17, 15) is 19.5 Å². The monoisotopic (exact) mass is 300 g/mol. The molecule has 22 heavy (non-hydrogen) atoms.